The standard InChI is InChI=1S/C10H10N2/c1-12-9-5-3-2-4-8(9)6-7-10(12)11/h2-7,11H,1H3/p+1. The van der Waals surface area contributed by atoms with E-state index in [9.17, 15) is 0 Å². The highest BCUT2D eigenvalue weighted by molar-refractivity contribution is 5.76. The van der Waals surface area contributed by atoms with E-state index in [2.05, 4.69) is 12.1 Å². The molecule has 2 rings (SSSR count). The molecule has 0 aliphatic carbocycles. The molecule has 1 heterocycles. The number of aromatic nitrogens is 1. The van der Waals surface area contributed by atoms with Crippen LogP contribution in [-0.4, -0.2) is 0 Å². The van der Waals surface area contributed by atoms with Crippen molar-refractivity contribution >= 4 is 16.7 Å². The van der Waals surface area contributed by atoms with Gasteiger partial charge in [-0.1, -0.05) is 18.2 Å². The molecule has 1 aromatic carbocycles. The predicted octanol–water partition coefficient (Wildman–Crippen LogP) is 1.25. The van der Waals surface area contributed by atoms with Crippen LogP contribution < -0.4 is 10.3 Å². The van der Waals surface area contributed by atoms with Crippen LogP contribution in [0.1, 0.15) is 0 Å². The Bertz CT molecular complexity index is 421. The molecule has 0 radical (unpaired) electrons. The van der Waals surface area contributed by atoms with Gasteiger partial charge in [0, 0.05) is 11.5 Å². The van der Waals surface area contributed by atoms with E-state index in [1.54, 1.807) is 0 Å². The van der Waals surface area contributed by atoms with Gasteiger partial charge in [-0.15, -0.1) is 0 Å². The minimum absolute atomic E-state index is 0.786. The molecular formula is C10H11N2+. The molecule has 2 heteroatoms. The van der Waals surface area contributed by atoms with Crippen molar-refractivity contribution in [2.24, 2.45) is 7.05 Å². The number of pyridine rings is 1. The van der Waals surface area contributed by atoms with Gasteiger partial charge in [-0.25, -0.2) is 4.57 Å². The zero-order chi connectivity index (χ0) is 8.55. The maximum absolute atomic E-state index is 5.75. The number of fused-ring (bicyclic) bond motifs is 1. The van der Waals surface area contributed by atoms with E-state index < -0.39 is 0 Å². The number of rotatable bonds is 0. The Morgan fingerprint density at radius 3 is 2.67 bits per heavy atom. The lowest BCUT2D eigenvalue weighted by atomic mass is 10.2. The highest BCUT2D eigenvalue weighted by Crippen LogP contribution is 2.09. The number of anilines is 1. The van der Waals surface area contributed by atoms with Crippen molar-refractivity contribution in [3.05, 3.63) is 36.4 Å². The van der Waals surface area contributed by atoms with Crippen LogP contribution in [0.5, 0.6) is 0 Å². The monoisotopic (exact) mass is 159 g/mol. The Kier molecular flexibility index (Phi) is 1.47. The fourth-order valence-corrected chi connectivity index (χ4v) is 1.36. The summed E-state index contributed by atoms with van der Waals surface area (Å²) >= 11 is 0. The lowest BCUT2D eigenvalue weighted by Gasteiger charge is -2.00. The Hall–Kier alpha value is -1.57. The van der Waals surface area contributed by atoms with Crippen LogP contribution in [0.25, 0.3) is 10.9 Å². The van der Waals surface area contributed by atoms with Gasteiger partial charge in [0.15, 0.2) is 0 Å². The lowest BCUT2D eigenvalue weighted by Crippen LogP contribution is -2.32. The fraction of sp³-hybridized carbons (Fsp3) is 0.100. The summed E-state index contributed by atoms with van der Waals surface area (Å²) in [6.45, 7) is 0. The van der Waals surface area contributed by atoms with Crippen LogP contribution in [0.4, 0.5) is 5.82 Å². The topological polar surface area (TPSA) is 29.9 Å². The minimum Gasteiger partial charge on any atom is -0.287 e. The summed E-state index contributed by atoms with van der Waals surface area (Å²) < 4.78 is 1.98. The van der Waals surface area contributed by atoms with Crippen LogP contribution in [0, 0.1) is 0 Å². The highest BCUT2D eigenvalue weighted by Gasteiger charge is 2.02. The summed E-state index contributed by atoms with van der Waals surface area (Å²) in [5.74, 6) is 0.786. The van der Waals surface area contributed by atoms with Gasteiger partial charge in [-0.3, -0.25) is 5.73 Å². The van der Waals surface area contributed by atoms with Gasteiger partial charge in [0.1, 0.15) is 5.52 Å². The van der Waals surface area contributed by atoms with Crippen molar-refractivity contribution in [1.29, 1.82) is 0 Å². The average molecular weight is 159 g/mol. The number of benzene rings is 1. The van der Waals surface area contributed by atoms with Crippen LogP contribution in [0.3, 0.4) is 0 Å². The molecule has 0 saturated heterocycles. The zero-order valence-corrected chi connectivity index (χ0v) is 6.99. The van der Waals surface area contributed by atoms with Gasteiger partial charge in [-0.05, 0) is 12.1 Å². The lowest BCUT2D eigenvalue weighted by molar-refractivity contribution is -0.629. The van der Waals surface area contributed by atoms with E-state index in [1.165, 1.54) is 5.39 Å². The van der Waals surface area contributed by atoms with Crippen molar-refractivity contribution in [3.63, 3.8) is 0 Å². The first kappa shape index (κ1) is 7.10. The summed E-state index contributed by atoms with van der Waals surface area (Å²) in [4.78, 5) is 0. The van der Waals surface area contributed by atoms with Gasteiger partial charge < -0.3 is 0 Å². The molecule has 0 amide bonds. The van der Waals surface area contributed by atoms with Crippen molar-refractivity contribution in [2.75, 3.05) is 5.73 Å². The van der Waals surface area contributed by atoms with Crippen molar-refractivity contribution in [1.82, 2.24) is 0 Å². The third kappa shape index (κ3) is 0.925. The predicted molar refractivity (Wildman–Crippen MR) is 49.5 cm³/mol. The molecule has 0 aliphatic rings. The highest BCUT2D eigenvalue weighted by atomic mass is 15.0. The summed E-state index contributed by atoms with van der Waals surface area (Å²) in [6, 6.07) is 12.1. The molecular weight excluding hydrogens is 148 g/mol. The molecule has 0 saturated carbocycles. The molecule has 0 spiro atoms. The quantitative estimate of drug-likeness (QED) is 0.576. The maximum Gasteiger partial charge on any atom is 0.272 e. The second kappa shape index (κ2) is 2.48. The van der Waals surface area contributed by atoms with Crippen molar-refractivity contribution in [2.45, 2.75) is 0 Å². The van der Waals surface area contributed by atoms with E-state index in [4.69, 9.17) is 5.73 Å². The number of hydrogen-bond acceptors (Lipinski definition) is 1. The van der Waals surface area contributed by atoms with Crippen LogP contribution in [0.15, 0.2) is 36.4 Å². The average Bonchev–Trinajstić information content (AvgIpc) is 2.12. The van der Waals surface area contributed by atoms with Gasteiger partial charge in [0.2, 0.25) is 0 Å². The van der Waals surface area contributed by atoms with Gasteiger partial charge in [0.05, 0.1) is 7.05 Å². The molecule has 0 aliphatic heterocycles. The Morgan fingerprint density at radius 1 is 1.08 bits per heavy atom. The molecule has 60 valence electrons. The van der Waals surface area contributed by atoms with Gasteiger partial charge >= 0.3 is 0 Å². The fourth-order valence-electron chi connectivity index (χ4n) is 1.36. The van der Waals surface area contributed by atoms with Gasteiger partial charge in [0.25, 0.3) is 5.82 Å². The van der Waals surface area contributed by atoms with Crippen molar-refractivity contribution < 1.29 is 4.57 Å². The summed E-state index contributed by atoms with van der Waals surface area (Å²) in [5.41, 5.74) is 6.91. The van der Waals surface area contributed by atoms with E-state index in [0.717, 1.165) is 11.3 Å². The first-order chi connectivity index (χ1) is 5.79. The maximum atomic E-state index is 5.75. The van der Waals surface area contributed by atoms with Crippen LogP contribution in [0.2, 0.25) is 0 Å². The molecule has 2 N–H and O–H groups in total. The molecule has 0 fully saturated rings. The van der Waals surface area contributed by atoms with Crippen LogP contribution in [-0.2, 0) is 7.05 Å². The molecule has 1 aromatic heterocycles. The van der Waals surface area contributed by atoms with Crippen LogP contribution >= 0.6 is 0 Å². The molecule has 12 heavy (non-hydrogen) atoms. The largest absolute Gasteiger partial charge is 0.287 e. The number of para-hydroxylation sites is 1. The third-order valence-electron chi connectivity index (χ3n) is 2.12. The first-order valence-corrected chi connectivity index (χ1v) is 3.92. The van der Waals surface area contributed by atoms with E-state index in [-0.39, 0.29) is 0 Å². The van der Waals surface area contributed by atoms with Crippen molar-refractivity contribution in [3.8, 4) is 0 Å². The number of nitrogens with two attached hydrogens (primary N) is 1. The second-order valence-electron chi connectivity index (χ2n) is 2.88. The smallest absolute Gasteiger partial charge is 0.272 e. The normalized spacial score (nSPS) is 10.4. The Labute approximate surface area is 71.2 Å². The summed E-state index contributed by atoms with van der Waals surface area (Å²) in [7, 11) is 1.97. The molecule has 2 nitrogen and oxygen atoms in total. The van der Waals surface area contributed by atoms with E-state index >= 15 is 0 Å². The SMILES string of the molecule is C[n+]1c(N)ccc2ccccc21. The number of nitrogen functional groups attached to an aromatic ring is 1. The minimum atomic E-state index is 0.786. The molecule has 0 atom stereocenters. The number of nitrogens with zero attached hydrogens (tertiary/aromatic N) is 1. The zero-order valence-electron chi connectivity index (χ0n) is 6.99. The Balaban J connectivity index is 2.91. The molecule has 0 unspecified atom stereocenters. The summed E-state index contributed by atoms with van der Waals surface area (Å²) in [5, 5.41) is 1.22. The van der Waals surface area contributed by atoms with E-state index in [0.29, 0.717) is 0 Å². The molecule has 2 aromatic rings. The Morgan fingerprint density at radius 2 is 1.83 bits per heavy atom. The van der Waals surface area contributed by atoms with Gasteiger partial charge in [-0.2, -0.15) is 0 Å². The second-order valence-corrected chi connectivity index (χ2v) is 2.88. The van der Waals surface area contributed by atoms with E-state index in [1.807, 2.05) is 35.9 Å². The molecule has 0 bridgehead atoms. The number of aryl methyl sites for hydroxylation is 1. The third-order valence-corrected chi connectivity index (χ3v) is 2.12. The summed E-state index contributed by atoms with van der Waals surface area (Å²) in [6.07, 6.45) is 0. The first-order valence-electron chi connectivity index (χ1n) is 3.92. The number of hydrogen-bond donors (Lipinski definition) is 1.